The molecule has 0 saturated heterocycles. The third-order valence-corrected chi connectivity index (χ3v) is 5.79. The molecule has 2 nitrogen and oxygen atoms in total. The average Bonchev–Trinajstić information content (AvgIpc) is 2.68. The molecule has 2 aromatic carbocycles. The Morgan fingerprint density at radius 3 is 2.39 bits per heavy atom. The molecule has 0 heterocycles. The molecule has 1 unspecified atom stereocenters. The van der Waals surface area contributed by atoms with Gasteiger partial charge in [-0.15, -0.1) is 0 Å². The summed E-state index contributed by atoms with van der Waals surface area (Å²) in [5, 5.41) is 0.941. The lowest BCUT2D eigenvalue weighted by Gasteiger charge is -2.14. The lowest BCUT2D eigenvalue weighted by atomic mass is 9.92. The minimum atomic E-state index is -4.36. The van der Waals surface area contributed by atoms with E-state index in [1.165, 1.54) is 19.2 Å². The molecule has 0 aliphatic heterocycles. The first-order valence-electron chi connectivity index (χ1n) is 9.16. The molecule has 0 aliphatic carbocycles. The van der Waals surface area contributed by atoms with Crippen molar-refractivity contribution >= 4 is 21.9 Å². The van der Waals surface area contributed by atoms with Crippen LogP contribution >= 0.6 is 15.9 Å². The van der Waals surface area contributed by atoms with Crippen molar-refractivity contribution in [2.45, 2.75) is 38.8 Å². The minimum absolute atomic E-state index is 0.130. The van der Waals surface area contributed by atoms with Gasteiger partial charge in [0.2, 0.25) is 0 Å². The molecule has 0 aliphatic rings. The van der Waals surface area contributed by atoms with Crippen LogP contribution < -0.4 is 0 Å². The van der Waals surface area contributed by atoms with Crippen molar-refractivity contribution in [3.05, 3.63) is 59.2 Å². The molecule has 152 valence electrons. The highest BCUT2D eigenvalue weighted by atomic mass is 79.9. The summed E-state index contributed by atoms with van der Waals surface area (Å²) in [6.07, 6.45) is -1.37. The first kappa shape index (κ1) is 22.5. The number of esters is 1. The van der Waals surface area contributed by atoms with E-state index in [2.05, 4.69) is 22.9 Å². The van der Waals surface area contributed by atoms with Crippen molar-refractivity contribution in [2.75, 3.05) is 12.4 Å². The second-order valence-corrected chi connectivity index (χ2v) is 7.62. The van der Waals surface area contributed by atoms with Crippen molar-refractivity contribution in [1.29, 1.82) is 0 Å². The highest BCUT2D eigenvalue weighted by Crippen LogP contribution is 2.33. The maximum absolute atomic E-state index is 12.9. The maximum Gasteiger partial charge on any atom is 0.416 e. The number of hydrogen-bond donors (Lipinski definition) is 0. The van der Waals surface area contributed by atoms with Crippen LogP contribution in [0.3, 0.4) is 0 Å². The van der Waals surface area contributed by atoms with E-state index in [1.807, 2.05) is 18.2 Å². The number of alkyl halides is 4. The topological polar surface area (TPSA) is 26.3 Å². The van der Waals surface area contributed by atoms with Crippen molar-refractivity contribution in [2.24, 2.45) is 5.92 Å². The molecule has 0 radical (unpaired) electrons. The van der Waals surface area contributed by atoms with Gasteiger partial charge in [0, 0.05) is 5.33 Å². The van der Waals surface area contributed by atoms with E-state index in [-0.39, 0.29) is 12.4 Å². The molecule has 0 fully saturated rings. The van der Waals surface area contributed by atoms with Gasteiger partial charge in [0.1, 0.15) is 0 Å². The zero-order valence-corrected chi connectivity index (χ0v) is 17.6. The predicted octanol–water partition coefficient (Wildman–Crippen LogP) is 6.44. The summed E-state index contributed by atoms with van der Waals surface area (Å²) in [5.74, 6) is 0.213. The Bertz CT molecular complexity index is 785. The highest BCUT2D eigenvalue weighted by molar-refractivity contribution is 9.09. The van der Waals surface area contributed by atoms with Crippen LogP contribution in [-0.2, 0) is 28.5 Å². The number of carbonyl (C=O) groups excluding carboxylic acids is 1. The molecule has 0 bridgehead atoms. The largest absolute Gasteiger partial charge is 0.469 e. The zero-order chi connectivity index (χ0) is 20.7. The average molecular weight is 457 g/mol. The summed E-state index contributed by atoms with van der Waals surface area (Å²) < 4.78 is 43.3. The van der Waals surface area contributed by atoms with Gasteiger partial charge >= 0.3 is 12.1 Å². The quantitative estimate of drug-likeness (QED) is 0.337. The van der Waals surface area contributed by atoms with Crippen LogP contribution in [0.1, 0.15) is 36.5 Å². The number of benzene rings is 2. The summed E-state index contributed by atoms with van der Waals surface area (Å²) in [4.78, 5) is 11.6. The lowest BCUT2D eigenvalue weighted by Crippen LogP contribution is -2.06. The molecular formula is C22H24BrF3O2. The number of halogens is 4. The third kappa shape index (κ3) is 6.36. The van der Waals surface area contributed by atoms with Crippen LogP contribution in [0.25, 0.3) is 11.1 Å². The van der Waals surface area contributed by atoms with E-state index in [1.54, 1.807) is 0 Å². The van der Waals surface area contributed by atoms with Gasteiger partial charge in [0.25, 0.3) is 0 Å². The SMILES string of the molecule is COC(=O)Cc1ccc(CCCC(C)CBr)c(-c2ccc(C(F)(F)F)cc2)c1. The van der Waals surface area contributed by atoms with Gasteiger partial charge in [-0.2, -0.15) is 13.2 Å². The Balaban J connectivity index is 2.33. The van der Waals surface area contributed by atoms with Gasteiger partial charge in [-0.1, -0.05) is 53.2 Å². The Morgan fingerprint density at radius 2 is 1.82 bits per heavy atom. The molecule has 0 amide bonds. The van der Waals surface area contributed by atoms with Crippen LogP contribution in [0.2, 0.25) is 0 Å². The minimum Gasteiger partial charge on any atom is -0.469 e. The van der Waals surface area contributed by atoms with Crippen molar-refractivity contribution in [1.82, 2.24) is 0 Å². The smallest absolute Gasteiger partial charge is 0.416 e. The van der Waals surface area contributed by atoms with Gasteiger partial charge in [0.15, 0.2) is 0 Å². The number of carbonyl (C=O) groups is 1. The van der Waals surface area contributed by atoms with Gasteiger partial charge in [-0.25, -0.2) is 0 Å². The van der Waals surface area contributed by atoms with Crippen LogP contribution in [0.4, 0.5) is 13.2 Å². The molecular weight excluding hydrogens is 433 g/mol. The van der Waals surface area contributed by atoms with Crippen molar-refractivity contribution < 1.29 is 22.7 Å². The summed E-state index contributed by atoms with van der Waals surface area (Å²) in [5.41, 5.74) is 2.74. The first-order chi connectivity index (χ1) is 13.2. The molecule has 28 heavy (non-hydrogen) atoms. The molecule has 0 saturated carbocycles. The fourth-order valence-electron chi connectivity index (χ4n) is 3.02. The molecule has 0 aromatic heterocycles. The van der Waals surface area contributed by atoms with E-state index in [0.717, 1.165) is 53.4 Å². The van der Waals surface area contributed by atoms with Gasteiger partial charge in [0.05, 0.1) is 19.1 Å². The molecule has 2 aromatic rings. The molecule has 0 spiro atoms. The zero-order valence-electron chi connectivity index (χ0n) is 16.0. The third-order valence-electron chi connectivity index (χ3n) is 4.68. The van der Waals surface area contributed by atoms with E-state index >= 15 is 0 Å². The van der Waals surface area contributed by atoms with E-state index in [9.17, 15) is 18.0 Å². The standard InChI is InChI=1S/C22H24BrF3O2/c1-15(14-23)4-3-5-17-7-6-16(13-21(27)28-2)12-20(17)18-8-10-19(11-9-18)22(24,25)26/h6-12,15H,3-5,13-14H2,1-2H3. The fourth-order valence-corrected chi connectivity index (χ4v) is 3.34. The van der Waals surface area contributed by atoms with Crippen LogP contribution in [0.5, 0.6) is 0 Å². The maximum atomic E-state index is 12.9. The van der Waals surface area contributed by atoms with Gasteiger partial charge in [-0.05, 0) is 59.6 Å². The monoisotopic (exact) mass is 456 g/mol. The van der Waals surface area contributed by atoms with Crippen LogP contribution in [0, 0.1) is 5.92 Å². The molecule has 1 atom stereocenters. The Kier molecular flexibility index (Phi) is 8.10. The summed E-state index contributed by atoms with van der Waals surface area (Å²) >= 11 is 3.48. The van der Waals surface area contributed by atoms with E-state index in [4.69, 9.17) is 4.74 Å². The Morgan fingerprint density at radius 1 is 1.14 bits per heavy atom. The predicted molar refractivity (Wildman–Crippen MR) is 108 cm³/mol. The fraction of sp³-hybridized carbons (Fsp3) is 0.409. The van der Waals surface area contributed by atoms with Crippen molar-refractivity contribution in [3.8, 4) is 11.1 Å². The van der Waals surface area contributed by atoms with Crippen LogP contribution in [0.15, 0.2) is 42.5 Å². The number of aryl methyl sites for hydroxylation is 1. The van der Waals surface area contributed by atoms with Gasteiger partial charge in [-0.3, -0.25) is 4.79 Å². The van der Waals surface area contributed by atoms with Gasteiger partial charge < -0.3 is 4.74 Å². The lowest BCUT2D eigenvalue weighted by molar-refractivity contribution is -0.140. The Hall–Kier alpha value is -1.82. The number of ether oxygens (including phenoxy) is 1. The molecule has 0 N–H and O–H groups in total. The summed E-state index contributed by atoms with van der Waals surface area (Å²) in [7, 11) is 1.33. The molecule has 2 rings (SSSR count). The van der Waals surface area contributed by atoms with E-state index in [0.29, 0.717) is 11.5 Å². The Labute approximate surface area is 172 Å². The second kappa shape index (κ2) is 10.1. The number of hydrogen-bond acceptors (Lipinski definition) is 2. The normalized spacial score (nSPS) is 12.6. The summed E-state index contributed by atoms with van der Waals surface area (Å²) in [6, 6.07) is 10.9. The van der Waals surface area contributed by atoms with Crippen LogP contribution in [-0.4, -0.2) is 18.4 Å². The number of rotatable bonds is 8. The highest BCUT2D eigenvalue weighted by Gasteiger charge is 2.30. The number of methoxy groups -OCH3 is 1. The summed E-state index contributed by atoms with van der Waals surface area (Å²) in [6.45, 7) is 2.17. The second-order valence-electron chi connectivity index (χ2n) is 6.97. The first-order valence-corrected chi connectivity index (χ1v) is 10.3. The van der Waals surface area contributed by atoms with E-state index < -0.39 is 11.7 Å². The van der Waals surface area contributed by atoms with Crippen molar-refractivity contribution in [3.63, 3.8) is 0 Å². The molecule has 6 heteroatoms.